The van der Waals surface area contributed by atoms with E-state index in [0.29, 0.717) is 13.0 Å². The van der Waals surface area contributed by atoms with Crippen LogP contribution in [0.3, 0.4) is 0 Å². The molecule has 1 amide bonds. The Morgan fingerprint density at radius 3 is 3.11 bits per heavy atom. The highest BCUT2D eigenvalue weighted by atomic mass is 19.1. The van der Waals surface area contributed by atoms with Gasteiger partial charge in [0.05, 0.1) is 0 Å². The molecule has 0 bridgehead atoms. The van der Waals surface area contributed by atoms with Crippen LogP contribution in [0.4, 0.5) is 4.39 Å². The lowest BCUT2D eigenvalue weighted by Gasteiger charge is -2.22. The third kappa shape index (κ3) is 4.96. The number of rotatable bonds is 5. The zero-order chi connectivity index (χ0) is 13.5. The third-order valence-corrected chi connectivity index (χ3v) is 2.97. The normalized spacial score (nSPS) is 19.1. The first-order chi connectivity index (χ1) is 9.24. The molecule has 1 aromatic carbocycles. The number of aryl methyl sites for hydroxylation is 1. The predicted molar refractivity (Wildman–Crippen MR) is 67.5 cm³/mol. The molecule has 1 fully saturated rings. The molecule has 104 valence electrons. The summed E-state index contributed by atoms with van der Waals surface area (Å²) < 4.78 is 18.3. The molecular weight excluding hydrogens is 249 g/mol. The van der Waals surface area contributed by atoms with Gasteiger partial charge in [-0.3, -0.25) is 4.79 Å². The van der Waals surface area contributed by atoms with Gasteiger partial charge in [0.2, 0.25) is 5.91 Å². The van der Waals surface area contributed by atoms with Gasteiger partial charge in [-0.25, -0.2) is 14.7 Å². The summed E-state index contributed by atoms with van der Waals surface area (Å²) in [6, 6.07) is 6.24. The summed E-state index contributed by atoms with van der Waals surface area (Å²) in [7, 11) is 0. The second-order valence-electron chi connectivity index (χ2n) is 4.57. The first-order valence-electron chi connectivity index (χ1n) is 6.54. The standard InChI is InChI=1S/C14H18FNO3/c15-12-5-3-4-11(10-12)7-8-13(17)16-19-14-6-1-2-9-18-14/h3-5,10,14H,1-2,6-9H2,(H,16,17). The Morgan fingerprint density at radius 1 is 1.47 bits per heavy atom. The van der Waals surface area contributed by atoms with Crippen LogP contribution in [0.1, 0.15) is 31.2 Å². The van der Waals surface area contributed by atoms with Crippen LogP contribution >= 0.6 is 0 Å². The van der Waals surface area contributed by atoms with E-state index in [1.54, 1.807) is 12.1 Å². The fourth-order valence-electron chi connectivity index (χ4n) is 1.94. The lowest BCUT2D eigenvalue weighted by atomic mass is 10.1. The highest BCUT2D eigenvalue weighted by Gasteiger charge is 2.15. The number of halogens is 1. The number of benzene rings is 1. The van der Waals surface area contributed by atoms with Crippen molar-refractivity contribution in [2.24, 2.45) is 0 Å². The van der Waals surface area contributed by atoms with E-state index in [2.05, 4.69) is 5.48 Å². The van der Waals surface area contributed by atoms with E-state index in [9.17, 15) is 9.18 Å². The molecule has 19 heavy (non-hydrogen) atoms. The van der Waals surface area contributed by atoms with Crippen LogP contribution in [0.2, 0.25) is 0 Å². The van der Waals surface area contributed by atoms with E-state index in [-0.39, 0.29) is 24.4 Å². The summed E-state index contributed by atoms with van der Waals surface area (Å²) in [6.45, 7) is 0.670. The quantitative estimate of drug-likeness (QED) is 0.833. The number of hydrogen-bond acceptors (Lipinski definition) is 3. The molecule has 1 aromatic rings. The smallest absolute Gasteiger partial charge is 0.243 e. The topological polar surface area (TPSA) is 47.6 Å². The number of hydroxylamine groups is 1. The highest BCUT2D eigenvalue weighted by Crippen LogP contribution is 2.12. The molecule has 0 saturated carbocycles. The van der Waals surface area contributed by atoms with Gasteiger partial charge in [0.15, 0.2) is 6.29 Å². The van der Waals surface area contributed by atoms with Gasteiger partial charge in [0.1, 0.15) is 5.82 Å². The van der Waals surface area contributed by atoms with Crippen molar-refractivity contribution < 1.29 is 18.8 Å². The third-order valence-electron chi connectivity index (χ3n) is 2.97. The number of carbonyl (C=O) groups excluding carboxylic acids is 1. The van der Waals surface area contributed by atoms with Crippen LogP contribution in [-0.2, 0) is 20.8 Å². The zero-order valence-corrected chi connectivity index (χ0v) is 10.7. The van der Waals surface area contributed by atoms with Crippen molar-refractivity contribution in [2.75, 3.05) is 6.61 Å². The van der Waals surface area contributed by atoms with Crippen molar-refractivity contribution in [3.8, 4) is 0 Å². The lowest BCUT2D eigenvalue weighted by molar-refractivity contribution is -0.200. The van der Waals surface area contributed by atoms with E-state index in [0.717, 1.165) is 24.8 Å². The molecule has 1 N–H and O–H groups in total. The molecule has 1 atom stereocenters. The number of amides is 1. The Bertz CT molecular complexity index is 419. The summed E-state index contributed by atoms with van der Waals surface area (Å²) in [4.78, 5) is 16.7. The minimum absolute atomic E-state index is 0.224. The van der Waals surface area contributed by atoms with Crippen LogP contribution in [0.25, 0.3) is 0 Å². The molecule has 4 nitrogen and oxygen atoms in total. The van der Waals surface area contributed by atoms with Gasteiger partial charge in [0.25, 0.3) is 0 Å². The second kappa shape index (κ2) is 7.21. The maximum absolute atomic E-state index is 12.9. The molecule has 0 aliphatic carbocycles. The Kier molecular flexibility index (Phi) is 5.30. The average Bonchev–Trinajstić information content (AvgIpc) is 2.44. The van der Waals surface area contributed by atoms with Gasteiger partial charge in [-0.15, -0.1) is 0 Å². The van der Waals surface area contributed by atoms with Gasteiger partial charge < -0.3 is 4.74 Å². The van der Waals surface area contributed by atoms with E-state index >= 15 is 0 Å². The molecule has 2 rings (SSSR count). The van der Waals surface area contributed by atoms with Gasteiger partial charge in [-0.1, -0.05) is 12.1 Å². The van der Waals surface area contributed by atoms with Crippen molar-refractivity contribution in [1.29, 1.82) is 0 Å². The summed E-state index contributed by atoms with van der Waals surface area (Å²) in [5.74, 6) is -0.511. The number of ether oxygens (including phenoxy) is 1. The van der Waals surface area contributed by atoms with Crippen LogP contribution in [0.5, 0.6) is 0 Å². The molecule has 0 radical (unpaired) electrons. The molecule has 5 heteroatoms. The molecule has 1 saturated heterocycles. The number of carbonyl (C=O) groups is 1. The molecule has 1 aliphatic rings. The average molecular weight is 267 g/mol. The van der Waals surface area contributed by atoms with Gasteiger partial charge in [0, 0.05) is 19.4 Å². The van der Waals surface area contributed by atoms with E-state index in [1.165, 1.54) is 12.1 Å². The van der Waals surface area contributed by atoms with Gasteiger partial charge >= 0.3 is 0 Å². The van der Waals surface area contributed by atoms with Crippen molar-refractivity contribution in [3.05, 3.63) is 35.6 Å². The van der Waals surface area contributed by atoms with Crippen LogP contribution in [0.15, 0.2) is 24.3 Å². The Morgan fingerprint density at radius 2 is 2.37 bits per heavy atom. The maximum Gasteiger partial charge on any atom is 0.243 e. The SMILES string of the molecule is O=C(CCc1cccc(F)c1)NOC1CCCCO1. The fourth-order valence-corrected chi connectivity index (χ4v) is 1.94. The summed E-state index contributed by atoms with van der Waals surface area (Å²) in [5, 5.41) is 0. The monoisotopic (exact) mass is 267 g/mol. The Balaban J connectivity index is 1.66. The largest absolute Gasteiger partial charge is 0.350 e. The minimum atomic E-state index is -0.341. The first-order valence-corrected chi connectivity index (χ1v) is 6.54. The molecule has 0 spiro atoms. The van der Waals surface area contributed by atoms with Gasteiger partial charge in [-0.05, 0) is 37.0 Å². The van der Waals surface area contributed by atoms with E-state index < -0.39 is 0 Å². The molecule has 1 heterocycles. The number of nitrogens with one attached hydrogen (secondary N) is 1. The minimum Gasteiger partial charge on any atom is -0.350 e. The Hall–Kier alpha value is -1.46. The van der Waals surface area contributed by atoms with E-state index in [4.69, 9.17) is 9.57 Å². The second-order valence-corrected chi connectivity index (χ2v) is 4.57. The van der Waals surface area contributed by atoms with Gasteiger partial charge in [-0.2, -0.15) is 0 Å². The van der Waals surface area contributed by atoms with E-state index in [1.807, 2.05) is 0 Å². The molecule has 1 unspecified atom stereocenters. The van der Waals surface area contributed by atoms with Crippen LogP contribution < -0.4 is 5.48 Å². The number of hydrogen-bond donors (Lipinski definition) is 1. The summed E-state index contributed by atoms with van der Waals surface area (Å²) >= 11 is 0. The Labute approximate surface area is 111 Å². The summed E-state index contributed by atoms with van der Waals surface area (Å²) in [5.41, 5.74) is 3.17. The lowest BCUT2D eigenvalue weighted by Crippen LogP contribution is -2.33. The molecule has 1 aliphatic heterocycles. The van der Waals surface area contributed by atoms with Crippen molar-refractivity contribution in [2.45, 2.75) is 38.4 Å². The molecule has 0 aromatic heterocycles. The maximum atomic E-state index is 12.9. The van der Waals surface area contributed by atoms with Crippen molar-refractivity contribution in [3.63, 3.8) is 0 Å². The summed E-state index contributed by atoms with van der Waals surface area (Å²) in [6.07, 6.45) is 3.28. The highest BCUT2D eigenvalue weighted by molar-refractivity contribution is 5.75. The van der Waals surface area contributed by atoms with Crippen LogP contribution in [-0.4, -0.2) is 18.8 Å². The van der Waals surface area contributed by atoms with Crippen LogP contribution in [0, 0.1) is 5.82 Å². The van der Waals surface area contributed by atoms with Crippen molar-refractivity contribution in [1.82, 2.24) is 5.48 Å². The first kappa shape index (κ1) is 14.0. The molecular formula is C14H18FNO3. The van der Waals surface area contributed by atoms with Crippen molar-refractivity contribution >= 4 is 5.91 Å². The predicted octanol–water partition coefficient (Wildman–Crippen LogP) is 2.33. The zero-order valence-electron chi connectivity index (χ0n) is 10.7. The fraction of sp³-hybridized carbons (Fsp3) is 0.500.